The molecule has 0 aliphatic rings. The Hall–Kier alpha value is -0.830. The van der Waals surface area contributed by atoms with E-state index >= 15 is 0 Å². The van der Waals surface area contributed by atoms with Crippen LogP contribution in [0.1, 0.15) is 52.7 Å². The van der Waals surface area contributed by atoms with Gasteiger partial charge in [-0.3, -0.25) is 0 Å². The Bertz CT molecular complexity index is 675. The van der Waals surface area contributed by atoms with Crippen molar-refractivity contribution in [1.29, 1.82) is 0 Å². The van der Waals surface area contributed by atoms with Crippen molar-refractivity contribution in [3.63, 3.8) is 0 Å². The Morgan fingerprint density at radius 1 is 0.708 bits per heavy atom. The Labute approximate surface area is 160 Å². The summed E-state index contributed by atoms with van der Waals surface area (Å²) in [5.74, 6) is 0. The first-order valence-corrected chi connectivity index (χ1v) is 9.57. The minimum Gasteiger partial charge on any atom is -0.326 e. The molecule has 2 rings (SSSR count). The van der Waals surface area contributed by atoms with E-state index in [4.69, 9.17) is 23.2 Å². The third kappa shape index (κ3) is 5.34. The molecule has 0 aromatic heterocycles. The number of nitrogens with one attached hydrogen (secondary N) is 1. The summed E-state index contributed by atoms with van der Waals surface area (Å²) in [5.41, 5.74) is 3.93. The van der Waals surface area contributed by atoms with E-state index < -0.39 is 0 Å². The molecule has 0 fully saturated rings. The van der Waals surface area contributed by atoms with E-state index in [1.807, 2.05) is 12.1 Å². The molecule has 0 aliphatic carbocycles. The van der Waals surface area contributed by atoms with E-state index in [9.17, 15) is 0 Å². The lowest BCUT2D eigenvalue weighted by molar-refractivity contribution is 0.569. The molecule has 0 unspecified atom stereocenters. The molecule has 0 saturated heterocycles. The number of benzene rings is 2. The molecule has 0 spiro atoms. The van der Waals surface area contributed by atoms with E-state index in [-0.39, 0.29) is 10.8 Å². The second kappa shape index (κ2) is 7.19. The maximum absolute atomic E-state index is 6.08. The van der Waals surface area contributed by atoms with Crippen LogP contribution in [0.3, 0.4) is 0 Å². The van der Waals surface area contributed by atoms with Crippen LogP contribution >= 0.6 is 35.1 Å². The maximum atomic E-state index is 6.08. The molecule has 2 aromatic rings. The Morgan fingerprint density at radius 3 is 1.58 bits per heavy atom. The lowest BCUT2D eigenvalue weighted by atomic mass is 9.80. The fourth-order valence-corrected chi connectivity index (χ4v) is 3.64. The molecule has 0 radical (unpaired) electrons. The quantitative estimate of drug-likeness (QED) is 0.546. The van der Waals surface area contributed by atoms with E-state index in [1.54, 1.807) is 6.07 Å². The highest BCUT2D eigenvalue weighted by Crippen LogP contribution is 2.34. The average molecular weight is 382 g/mol. The van der Waals surface area contributed by atoms with Crippen LogP contribution < -0.4 is 4.72 Å². The molecule has 2 aromatic carbocycles. The van der Waals surface area contributed by atoms with Crippen LogP contribution in [0.4, 0.5) is 5.69 Å². The number of rotatable bonds is 3. The summed E-state index contributed by atoms with van der Waals surface area (Å²) < 4.78 is 3.44. The first-order valence-electron chi connectivity index (χ1n) is 8.00. The summed E-state index contributed by atoms with van der Waals surface area (Å²) in [6.07, 6.45) is 0. The van der Waals surface area contributed by atoms with Crippen molar-refractivity contribution in [2.24, 2.45) is 0 Å². The van der Waals surface area contributed by atoms with Crippen LogP contribution in [0.5, 0.6) is 0 Å². The number of hydrogen-bond acceptors (Lipinski definition) is 2. The van der Waals surface area contributed by atoms with Crippen molar-refractivity contribution in [1.82, 2.24) is 0 Å². The van der Waals surface area contributed by atoms with Crippen LogP contribution in [-0.4, -0.2) is 0 Å². The lowest BCUT2D eigenvalue weighted by Gasteiger charge is -2.26. The van der Waals surface area contributed by atoms with Crippen LogP contribution in [0.15, 0.2) is 41.3 Å². The van der Waals surface area contributed by atoms with Crippen LogP contribution in [0.2, 0.25) is 10.0 Å². The molecule has 130 valence electrons. The number of halogens is 2. The highest BCUT2D eigenvalue weighted by atomic mass is 35.5. The van der Waals surface area contributed by atoms with Gasteiger partial charge >= 0.3 is 0 Å². The van der Waals surface area contributed by atoms with Crippen molar-refractivity contribution in [2.45, 2.75) is 57.3 Å². The number of anilines is 1. The minimum atomic E-state index is 0.0989. The van der Waals surface area contributed by atoms with Gasteiger partial charge in [0, 0.05) is 20.6 Å². The van der Waals surface area contributed by atoms with E-state index in [1.165, 1.54) is 23.1 Å². The molecule has 1 nitrogen and oxygen atoms in total. The van der Waals surface area contributed by atoms with Gasteiger partial charge in [-0.25, -0.2) is 0 Å². The van der Waals surface area contributed by atoms with Crippen LogP contribution in [0, 0.1) is 0 Å². The van der Waals surface area contributed by atoms with Crippen molar-refractivity contribution in [3.05, 3.63) is 57.6 Å². The third-order valence-corrected chi connectivity index (χ3v) is 5.03. The summed E-state index contributed by atoms with van der Waals surface area (Å²) in [6, 6.07) is 12.3. The Morgan fingerprint density at radius 2 is 1.17 bits per heavy atom. The molecule has 24 heavy (non-hydrogen) atoms. The molecular weight excluding hydrogens is 357 g/mol. The summed E-state index contributed by atoms with van der Waals surface area (Å²) in [6.45, 7) is 13.4. The molecule has 0 amide bonds. The second-order valence-electron chi connectivity index (χ2n) is 8.11. The standard InChI is InChI=1S/C20H25Cl2NS/c1-19(2,3)13-7-14(20(4,5)6)9-17(8-13)23-24-18-11-15(21)10-16(22)12-18/h7-12,23H,1-6H3. The molecule has 4 heteroatoms. The first-order chi connectivity index (χ1) is 10.9. The van der Waals surface area contributed by atoms with E-state index in [2.05, 4.69) is 64.5 Å². The first kappa shape index (κ1) is 19.5. The normalized spacial score (nSPS) is 12.3. The van der Waals surface area contributed by atoms with Crippen LogP contribution in [-0.2, 0) is 10.8 Å². The summed E-state index contributed by atoms with van der Waals surface area (Å²) in [4.78, 5) is 0.992. The fraction of sp³-hybridized carbons (Fsp3) is 0.400. The predicted molar refractivity (Wildman–Crippen MR) is 110 cm³/mol. The Balaban J connectivity index is 2.32. The molecule has 0 heterocycles. The Kier molecular flexibility index (Phi) is 5.84. The smallest absolute Gasteiger partial charge is 0.0449 e. The van der Waals surface area contributed by atoms with Crippen molar-refractivity contribution in [3.8, 4) is 0 Å². The highest BCUT2D eigenvalue weighted by molar-refractivity contribution is 8.00. The summed E-state index contributed by atoms with van der Waals surface area (Å²) in [7, 11) is 0. The zero-order valence-electron chi connectivity index (χ0n) is 15.1. The van der Waals surface area contributed by atoms with Gasteiger partial charge in [-0.05, 0) is 64.2 Å². The van der Waals surface area contributed by atoms with Gasteiger partial charge in [0.05, 0.1) is 0 Å². The largest absolute Gasteiger partial charge is 0.326 e. The molecule has 0 saturated carbocycles. The van der Waals surface area contributed by atoms with E-state index in [0.717, 1.165) is 10.6 Å². The molecule has 1 N–H and O–H groups in total. The van der Waals surface area contributed by atoms with E-state index in [0.29, 0.717) is 10.0 Å². The van der Waals surface area contributed by atoms with Gasteiger partial charge in [0.15, 0.2) is 0 Å². The highest BCUT2D eigenvalue weighted by Gasteiger charge is 2.20. The second-order valence-corrected chi connectivity index (χ2v) is 9.86. The number of hydrogen-bond donors (Lipinski definition) is 1. The van der Waals surface area contributed by atoms with Crippen LogP contribution in [0.25, 0.3) is 0 Å². The van der Waals surface area contributed by atoms with Gasteiger partial charge in [-0.2, -0.15) is 0 Å². The maximum Gasteiger partial charge on any atom is 0.0449 e. The van der Waals surface area contributed by atoms with Crippen molar-refractivity contribution < 1.29 is 0 Å². The summed E-state index contributed by atoms with van der Waals surface area (Å²) in [5, 5.41) is 1.29. The molecule has 0 aliphatic heterocycles. The topological polar surface area (TPSA) is 12.0 Å². The van der Waals surface area contributed by atoms with Gasteiger partial charge in [-0.15, -0.1) is 0 Å². The molecule has 0 bridgehead atoms. The molecule has 0 atom stereocenters. The fourth-order valence-electron chi connectivity index (χ4n) is 2.26. The SMILES string of the molecule is CC(C)(C)c1cc(NSc2cc(Cl)cc(Cl)c2)cc(C(C)(C)C)c1. The summed E-state index contributed by atoms with van der Waals surface area (Å²) >= 11 is 13.7. The van der Waals surface area contributed by atoms with Gasteiger partial charge in [0.25, 0.3) is 0 Å². The van der Waals surface area contributed by atoms with Crippen molar-refractivity contribution in [2.75, 3.05) is 4.72 Å². The zero-order valence-corrected chi connectivity index (χ0v) is 17.5. The monoisotopic (exact) mass is 381 g/mol. The molecular formula is C20H25Cl2NS. The average Bonchev–Trinajstić information content (AvgIpc) is 2.42. The van der Waals surface area contributed by atoms with Gasteiger partial charge in [-0.1, -0.05) is 70.8 Å². The van der Waals surface area contributed by atoms with Gasteiger partial charge in [0.2, 0.25) is 0 Å². The lowest BCUT2D eigenvalue weighted by Crippen LogP contribution is -2.16. The zero-order chi connectivity index (χ0) is 18.1. The van der Waals surface area contributed by atoms with Crippen molar-refractivity contribution >= 4 is 40.8 Å². The minimum absolute atomic E-state index is 0.0989. The third-order valence-electron chi connectivity index (χ3n) is 3.79. The van der Waals surface area contributed by atoms with Gasteiger partial charge in [0.1, 0.15) is 0 Å². The predicted octanol–water partition coefficient (Wildman–Crippen LogP) is 7.71. The van der Waals surface area contributed by atoms with Gasteiger partial charge < -0.3 is 4.72 Å².